The molecule has 0 saturated carbocycles. The number of hydrogen-bond donors (Lipinski definition) is 0. The minimum absolute atomic E-state index is 0.221. The van der Waals surface area contributed by atoms with Gasteiger partial charge in [0, 0.05) is 0 Å². The van der Waals surface area contributed by atoms with Crippen LogP contribution in [0.15, 0.2) is 18.2 Å². The average molecular weight is 192 g/mol. The second-order valence-electron chi connectivity index (χ2n) is 5.10. The van der Waals surface area contributed by atoms with E-state index < -0.39 is 0 Å². The van der Waals surface area contributed by atoms with E-state index >= 15 is 0 Å². The molecule has 78 valence electrons. The third-order valence-corrected chi connectivity index (χ3v) is 2.15. The van der Waals surface area contributed by atoms with Gasteiger partial charge in [0.15, 0.2) is 0 Å². The lowest BCUT2D eigenvalue weighted by Gasteiger charge is -2.19. The molecule has 0 aliphatic rings. The van der Waals surface area contributed by atoms with E-state index in [1.807, 2.05) is 6.07 Å². The van der Waals surface area contributed by atoms with Crippen LogP contribution in [-0.2, 0) is 0 Å². The molecule has 1 heteroatoms. The number of benzene rings is 1. The second-order valence-corrected chi connectivity index (χ2v) is 5.10. The molecule has 14 heavy (non-hydrogen) atoms. The van der Waals surface area contributed by atoms with Crippen molar-refractivity contribution in [1.82, 2.24) is 0 Å². The molecule has 0 radical (unpaired) electrons. The average Bonchev–Trinajstić information content (AvgIpc) is 2.06. The zero-order valence-electron chi connectivity index (χ0n) is 9.85. The number of ether oxygens (including phenoxy) is 1. The van der Waals surface area contributed by atoms with Crippen LogP contribution in [0.3, 0.4) is 0 Å². The van der Waals surface area contributed by atoms with Crippen molar-refractivity contribution in [1.29, 1.82) is 0 Å². The summed E-state index contributed by atoms with van der Waals surface area (Å²) in [5, 5.41) is 0. The molecule has 0 aliphatic heterocycles. The van der Waals surface area contributed by atoms with Crippen molar-refractivity contribution in [2.75, 3.05) is 6.61 Å². The third kappa shape index (κ3) is 3.41. The van der Waals surface area contributed by atoms with Gasteiger partial charge in [-0.25, -0.2) is 0 Å². The first-order valence-corrected chi connectivity index (χ1v) is 5.08. The van der Waals surface area contributed by atoms with Crippen LogP contribution in [-0.4, -0.2) is 6.61 Å². The lowest BCUT2D eigenvalue weighted by molar-refractivity contribution is 0.198. The summed E-state index contributed by atoms with van der Waals surface area (Å²) in [6.07, 6.45) is 0. The third-order valence-electron chi connectivity index (χ3n) is 2.15. The highest BCUT2D eigenvalue weighted by Crippen LogP contribution is 2.20. The van der Waals surface area contributed by atoms with Crippen molar-refractivity contribution < 1.29 is 4.74 Å². The summed E-state index contributed by atoms with van der Waals surface area (Å²) >= 11 is 0. The summed E-state index contributed by atoms with van der Waals surface area (Å²) in [6, 6.07) is 6.24. The molecular weight excluding hydrogens is 172 g/mol. The smallest absolute Gasteiger partial charge is 0.119 e. The Bertz CT molecular complexity index is 308. The Kier molecular flexibility index (Phi) is 3.20. The van der Waals surface area contributed by atoms with Gasteiger partial charge >= 0.3 is 0 Å². The molecule has 1 rings (SSSR count). The molecular formula is C13H20O. The second kappa shape index (κ2) is 4.04. The maximum absolute atomic E-state index is 5.71. The lowest BCUT2D eigenvalue weighted by Crippen LogP contribution is -2.16. The van der Waals surface area contributed by atoms with Gasteiger partial charge in [0.1, 0.15) is 5.75 Å². The first kappa shape index (κ1) is 11.1. The highest BCUT2D eigenvalue weighted by Gasteiger charge is 2.10. The Balaban J connectivity index is 2.65. The summed E-state index contributed by atoms with van der Waals surface area (Å²) in [5.74, 6) is 0.975. The van der Waals surface area contributed by atoms with Gasteiger partial charge in [0.25, 0.3) is 0 Å². The Labute approximate surface area is 87.1 Å². The fraction of sp³-hybridized carbons (Fsp3) is 0.538. The summed E-state index contributed by atoms with van der Waals surface area (Å²) in [4.78, 5) is 0. The van der Waals surface area contributed by atoms with Crippen LogP contribution in [0.2, 0.25) is 0 Å². The first-order chi connectivity index (χ1) is 6.38. The standard InChI is InChI=1S/C13H20O/c1-10-6-7-12(8-11(10)2)14-9-13(3,4)5/h6-8H,9H2,1-5H3. The molecule has 0 aromatic heterocycles. The Morgan fingerprint density at radius 1 is 1.07 bits per heavy atom. The molecule has 0 saturated heterocycles. The summed E-state index contributed by atoms with van der Waals surface area (Å²) in [5.41, 5.74) is 2.82. The van der Waals surface area contributed by atoms with E-state index in [9.17, 15) is 0 Å². The van der Waals surface area contributed by atoms with E-state index in [-0.39, 0.29) is 5.41 Å². The van der Waals surface area contributed by atoms with Gasteiger partial charge in [-0.3, -0.25) is 0 Å². The van der Waals surface area contributed by atoms with Crippen LogP contribution in [0.5, 0.6) is 5.75 Å². The zero-order chi connectivity index (χ0) is 10.8. The molecule has 1 nitrogen and oxygen atoms in total. The van der Waals surface area contributed by atoms with Crippen LogP contribution in [0, 0.1) is 19.3 Å². The van der Waals surface area contributed by atoms with Gasteiger partial charge < -0.3 is 4.74 Å². The predicted octanol–water partition coefficient (Wildman–Crippen LogP) is 3.73. The molecule has 0 N–H and O–H groups in total. The first-order valence-electron chi connectivity index (χ1n) is 5.08. The molecule has 0 amide bonds. The van der Waals surface area contributed by atoms with Crippen molar-refractivity contribution in [3.05, 3.63) is 29.3 Å². The highest BCUT2D eigenvalue weighted by molar-refractivity contribution is 5.33. The van der Waals surface area contributed by atoms with Crippen LogP contribution in [0.25, 0.3) is 0 Å². The summed E-state index contributed by atoms with van der Waals surface area (Å²) in [6.45, 7) is 11.5. The van der Waals surface area contributed by atoms with Crippen LogP contribution in [0.4, 0.5) is 0 Å². The fourth-order valence-electron chi connectivity index (χ4n) is 1.10. The Morgan fingerprint density at radius 2 is 1.71 bits per heavy atom. The van der Waals surface area contributed by atoms with Gasteiger partial charge in [-0.05, 0) is 42.5 Å². The van der Waals surface area contributed by atoms with Gasteiger partial charge in [0.2, 0.25) is 0 Å². The predicted molar refractivity (Wildman–Crippen MR) is 60.9 cm³/mol. The van der Waals surface area contributed by atoms with E-state index in [1.54, 1.807) is 0 Å². The van der Waals surface area contributed by atoms with Crippen LogP contribution in [0.1, 0.15) is 31.9 Å². The Hall–Kier alpha value is -0.980. The van der Waals surface area contributed by atoms with E-state index in [0.717, 1.165) is 12.4 Å². The molecule has 0 bridgehead atoms. The largest absolute Gasteiger partial charge is 0.493 e. The lowest BCUT2D eigenvalue weighted by atomic mass is 9.99. The fourth-order valence-corrected chi connectivity index (χ4v) is 1.10. The molecule has 0 unspecified atom stereocenters. The molecule has 0 fully saturated rings. The minimum atomic E-state index is 0.221. The topological polar surface area (TPSA) is 9.23 Å². The van der Waals surface area contributed by atoms with Crippen LogP contribution >= 0.6 is 0 Å². The van der Waals surface area contributed by atoms with Crippen LogP contribution < -0.4 is 4.74 Å². The SMILES string of the molecule is Cc1ccc(OCC(C)(C)C)cc1C. The number of hydrogen-bond acceptors (Lipinski definition) is 1. The molecule has 0 aliphatic carbocycles. The van der Waals surface area contributed by atoms with Crippen molar-refractivity contribution >= 4 is 0 Å². The molecule has 1 aromatic rings. The quantitative estimate of drug-likeness (QED) is 0.693. The van der Waals surface area contributed by atoms with Crippen molar-refractivity contribution in [2.24, 2.45) is 5.41 Å². The summed E-state index contributed by atoms with van der Waals surface area (Å²) in [7, 11) is 0. The summed E-state index contributed by atoms with van der Waals surface area (Å²) < 4.78 is 5.71. The molecule has 0 atom stereocenters. The van der Waals surface area contributed by atoms with Crippen molar-refractivity contribution in [3.8, 4) is 5.75 Å². The van der Waals surface area contributed by atoms with Gasteiger partial charge in [0.05, 0.1) is 6.61 Å². The van der Waals surface area contributed by atoms with Crippen molar-refractivity contribution in [2.45, 2.75) is 34.6 Å². The van der Waals surface area contributed by atoms with Gasteiger partial charge in [-0.15, -0.1) is 0 Å². The van der Waals surface area contributed by atoms with Gasteiger partial charge in [-0.1, -0.05) is 26.8 Å². The van der Waals surface area contributed by atoms with E-state index in [0.29, 0.717) is 0 Å². The maximum atomic E-state index is 5.71. The number of aryl methyl sites for hydroxylation is 2. The Morgan fingerprint density at radius 3 is 2.21 bits per heavy atom. The minimum Gasteiger partial charge on any atom is -0.493 e. The van der Waals surface area contributed by atoms with E-state index in [4.69, 9.17) is 4.74 Å². The van der Waals surface area contributed by atoms with E-state index in [2.05, 4.69) is 46.8 Å². The van der Waals surface area contributed by atoms with Crippen molar-refractivity contribution in [3.63, 3.8) is 0 Å². The normalized spacial score (nSPS) is 11.5. The maximum Gasteiger partial charge on any atom is 0.119 e. The van der Waals surface area contributed by atoms with Gasteiger partial charge in [-0.2, -0.15) is 0 Å². The molecule has 0 heterocycles. The molecule has 1 aromatic carbocycles. The monoisotopic (exact) mass is 192 g/mol. The number of rotatable bonds is 2. The molecule has 0 spiro atoms. The van der Waals surface area contributed by atoms with E-state index in [1.165, 1.54) is 11.1 Å². The zero-order valence-corrected chi connectivity index (χ0v) is 9.85. The highest BCUT2D eigenvalue weighted by atomic mass is 16.5.